The van der Waals surface area contributed by atoms with Gasteiger partial charge in [-0.2, -0.15) is 0 Å². The van der Waals surface area contributed by atoms with E-state index in [0.29, 0.717) is 13.0 Å². The predicted molar refractivity (Wildman–Crippen MR) is 85.6 cm³/mol. The Balaban J connectivity index is 2.07. The summed E-state index contributed by atoms with van der Waals surface area (Å²) in [4.78, 5) is 11.2. The highest BCUT2D eigenvalue weighted by molar-refractivity contribution is 5.71. The van der Waals surface area contributed by atoms with Crippen LogP contribution in [0.3, 0.4) is 0 Å². The number of fused-ring (bicyclic) bond motifs is 1. The van der Waals surface area contributed by atoms with Crippen LogP contribution in [-0.2, 0) is 17.6 Å². The number of hydrogen-bond acceptors (Lipinski definition) is 3. The summed E-state index contributed by atoms with van der Waals surface area (Å²) in [5, 5.41) is 12.6. The van der Waals surface area contributed by atoms with Crippen LogP contribution in [0, 0.1) is 19.8 Å². The molecule has 2 N–H and O–H groups in total. The first-order chi connectivity index (χ1) is 10.5. The molecule has 120 valence electrons. The van der Waals surface area contributed by atoms with Crippen molar-refractivity contribution in [1.82, 2.24) is 5.32 Å². The molecule has 4 nitrogen and oxygen atoms in total. The Morgan fingerprint density at radius 1 is 1.18 bits per heavy atom. The van der Waals surface area contributed by atoms with E-state index in [1.165, 1.54) is 40.7 Å². The van der Waals surface area contributed by atoms with Gasteiger partial charge in [-0.05, 0) is 68.2 Å². The number of carbonyl (C=O) groups is 1. The third-order valence-corrected chi connectivity index (χ3v) is 5.40. The van der Waals surface area contributed by atoms with Crippen LogP contribution in [0.5, 0.6) is 5.75 Å². The molecule has 0 aromatic heterocycles. The number of benzene rings is 1. The van der Waals surface area contributed by atoms with Gasteiger partial charge in [-0.15, -0.1) is 0 Å². The van der Waals surface area contributed by atoms with Gasteiger partial charge in [0.1, 0.15) is 5.75 Å². The molecule has 0 saturated carbocycles. The highest BCUT2D eigenvalue weighted by atomic mass is 16.5. The van der Waals surface area contributed by atoms with Crippen molar-refractivity contribution < 1.29 is 14.6 Å². The predicted octanol–water partition coefficient (Wildman–Crippen LogP) is 2.93. The van der Waals surface area contributed by atoms with E-state index in [4.69, 9.17) is 4.74 Å². The average molecular weight is 303 g/mol. The lowest BCUT2D eigenvalue weighted by molar-refractivity contribution is -0.141. The molecule has 0 radical (unpaired) electrons. The van der Waals surface area contributed by atoms with Gasteiger partial charge >= 0.3 is 5.97 Å². The molecule has 1 aliphatic heterocycles. The molecule has 0 spiro atoms. The Kier molecular flexibility index (Phi) is 4.13. The molecule has 1 aromatic carbocycles. The maximum atomic E-state index is 11.2. The second kappa shape index (κ2) is 5.92. The van der Waals surface area contributed by atoms with Crippen LogP contribution in [-0.4, -0.2) is 24.7 Å². The Morgan fingerprint density at radius 3 is 2.36 bits per heavy atom. The van der Waals surface area contributed by atoms with E-state index in [0.717, 1.165) is 18.6 Å². The minimum atomic E-state index is -0.707. The van der Waals surface area contributed by atoms with Crippen molar-refractivity contribution in [3.63, 3.8) is 0 Å². The van der Waals surface area contributed by atoms with Gasteiger partial charge in [0.2, 0.25) is 0 Å². The van der Waals surface area contributed by atoms with Crippen molar-refractivity contribution >= 4 is 5.97 Å². The summed E-state index contributed by atoms with van der Waals surface area (Å²) in [7, 11) is 1.73. The summed E-state index contributed by atoms with van der Waals surface area (Å²) in [5.74, 6) is -0.0477. The van der Waals surface area contributed by atoms with Gasteiger partial charge in [-0.3, -0.25) is 4.79 Å². The lowest BCUT2D eigenvalue weighted by atomic mass is 9.81. The Labute approximate surface area is 131 Å². The molecule has 2 atom stereocenters. The molecule has 1 aliphatic carbocycles. The van der Waals surface area contributed by atoms with Gasteiger partial charge in [0.05, 0.1) is 13.0 Å². The molecule has 2 unspecified atom stereocenters. The molecule has 4 heteroatoms. The van der Waals surface area contributed by atoms with E-state index in [9.17, 15) is 9.90 Å². The third kappa shape index (κ3) is 2.39. The van der Waals surface area contributed by atoms with E-state index >= 15 is 0 Å². The van der Waals surface area contributed by atoms with E-state index in [2.05, 4.69) is 19.2 Å². The second-order valence-electron chi connectivity index (χ2n) is 6.59. The summed E-state index contributed by atoms with van der Waals surface area (Å²) >= 11 is 0. The number of carboxylic acid groups (broad SMARTS) is 1. The standard InChI is InChI=1S/C18H25NO3/c1-10-13-6-4-5-7-14(13)11(2)17(22-3)16(10)15-8-12(9-19-15)18(20)21/h12,15,19H,4-9H2,1-3H3,(H,20,21). The Morgan fingerprint density at radius 2 is 1.82 bits per heavy atom. The van der Waals surface area contributed by atoms with Crippen molar-refractivity contribution in [1.29, 1.82) is 0 Å². The fraction of sp³-hybridized carbons (Fsp3) is 0.611. The average Bonchev–Trinajstić information content (AvgIpc) is 3.00. The van der Waals surface area contributed by atoms with Crippen molar-refractivity contribution in [3.8, 4) is 5.75 Å². The largest absolute Gasteiger partial charge is 0.496 e. The fourth-order valence-electron chi connectivity index (χ4n) is 4.23. The van der Waals surface area contributed by atoms with Gasteiger partial charge in [0, 0.05) is 18.2 Å². The van der Waals surface area contributed by atoms with Gasteiger partial charge in [-0.1, -0.05) is 0 Å². The van der Waals surface area contributed by atoms with Gasteiger partial charge in [0.15, 0.2) is 0 Å². The lowest BCUT2D eigenvalue weighted by Crippen LogP contribution is -2.19. The van der Waals surface area contributed by atoms with Gasteiger partial charge in [0.25, 0.3) is 0 Å². The Hall–Kier alpha value is -1.55. The van der Waals surface area contributed by atoms with Crippen LogP contribution in [0.4, 0.5) is 0 Å². The maximum absolute atomic E-state index is 11.2. The van der Waals surface area contributed by atoms with E-state index in [1.807, 2.05) is 0 Å². The molecule has 1 aromatic rings. The van der Waals surface area contributed by atoms with Crippen LogP contribution in [0.15, 0.2) is 0 Å². The lowest BCUT2D eigenvalue weighted by Gasteiger charge is -2.28. The summed E-state index contributed by atoms with van der Waals surface area (Å²) in [5.41, 5.74) is 6.67. The number of ether oxygens (including phenoxy) is 1. The Bertz CT molecular complexity index is 609. The molecule has 2 aliphatic rings. The van der Waals surface area contributed by atoms with E-state index < -0.39 is 5.97 Å². The SMILES string of the molecule is COc1c(C)c2c(c(C)c1C1CC(C(=O)O)CN1)CCCC2. The zero-order valence-electron chi connectivity index (χ0n) is 13.7. The molecule has 22 heavy (non-hydrogen) atoms. The highest BCUT2D eigenvalue weighted by Crippen LogP contribution is 2.42. The van der Waals surface area contributed by atoms with Crippen molar-refractivity contribution in [2.24, 2.45) is 5.92 Å². The maximum Gasteiger partial charge on any atom is 0.307 e. The van der Waals surface area contributed by atoms with Crippen molar-refractivity contribution in [2.75, 3.05) is 13.7 Å². The molecule has 1 heterocycles. The topological polar surface area (TPSA) is 58.6 Å². The molecule has 3 rings (SSSR count). The van der Waals surface area contributed by atoms with Crippen LogP contribution in [0.1, 0.15) is 53.1 Å². The number of methoxy groups -OCH3 is 1. The monoisotopic (exact) mass is 303 g/mol. The van der Waals surface area contributed by atoms with Gasteiger partial charge in [-0.25, -0.2) is 0 Å². The third-order valence-electron chi connectivity index (χ3n) is 5.40. The van der Waals surface area contributed by atoms with Crippen LogP contribution < -0.4 is 10.1 Å². The molecule has 1 saturated heterocycles. The molecule has 0 amide bonds. The quantitative estimate of drug-likeness (QED) is 0.901. The number of rotatable bonds is 3. The summed E-state index contributed by atoms with van der Waals surface area (Å²) in [6.45, 7) is 4.87. The molecule has 0 bridgehead atoms. The van der Waals surface area contributed by atoms with E-state index in [-0.39, 0.29) is 12.0 Å². The minimum Gasteiger partial charge on any atom is -0.496 e. The fourth-order valence-corrected chi connectivity index (χ4v) is 4.23. The van der Waals surface area contributed by atoms with Crippen LogP contribution in [0.2, 0.25) is 0 Å². The normalized spacial score (nSPS) is 24.1. The minimum absolute atomic E-state index is 0.0852. The van der Waals surface area contributed by atoms with Crippen molar-refractivity contribution in [3.05, 3.63) is 27.8 Å². The van der Waals surface area contributed by atoms with E-state index in [1.54, 1.807) is 7.11 Å². The summed E-state index contributed by atoms with van der Waals surface area (Å²) in [6, 6.07) is 0.0852. The molecule has 1 fully saturated rings. The number of nitrogens with one attached hydrogen (secondary N) is 1. The second-order valence-corrected chi connectivity index (χ2v) is 6.59. The van der Waals surface area contributed by atoms with Crippen LogP contribution in [0.25, 0.3) is 0 Å². The van der Waals surface area contributed by atoms with Crippen molar-refractivity contribution in [2.45, 2.75) is 52.0 Å². The summed E-state index contributed by atoms with van der Waals surface area (Å²) in [6.07, 6.45) is 5.40. The zero-order chi connectivity index (χ0) is 15.9. The van der Waals surface area contributed by atoms with Gasteiger partial charge < -0.3 is 15.2 Å². The first kappa shape index (κ1) is 15.3. The smallest absolute Gasteiger partial charge is 0.307 e. The number of carboxylic acids is 1. The zero-order valence-corrected chi connectivity index (χ0v) is 13.7. The first-order valence-corrected chi connectivity index (χ1v) is 8.19. The molecular weight excluding hydrogens is 278 g/mol. The number of hydrogen-bond donors (Lipinski definition) is 2. The molecular formula is C18H25NO3. The summed E-state index contributed by atoms with van der Waals surface area (Å²) < 4.78 is 5.74. The highest BCUT2D eigenvalue weighted by Gasteiger charge is 2.34. The number of aliphatic carboxylic acids is 1. The van der Waals surface area contributed by atoms with Crippen LogP contribution >= 0.6 is 0 Å². The first-order valence-electron chi connectivity index (χ1n) is 8.19.